The van der Waals surface area contributed by atoms with Crippen LogP contribution in [-0.2, 0) is 4.79 Å². The van der Waals surface area contributed by atoms with Gasteiger partial charge in [-0.05, 0) is 42.5 Å². The molecule has 0 bridgehead atoms. The minimum absolute atomic E-state index is 0.0522. The van der Waals surface area contributed by atoms with E-state index in [0.717, 1.165) is 30.2 Å². The predicted octanol–water partition coefficient (Wildman–Crippen LogP) is 1.42. The third-order valence-corrected chi connectivity index (χ3v) is 5.47. The number of carbonyl (C=O) groups is 1. The molecule has 2 saturated heterocycles. The molecule has 2 aromatic carbocycles. The van der Waals surface area contributed by atoms with E-state index in [2.05, 4.69) is 26.6 Å². The topological polar surface area (TPSA) is 80.9 Å². The molecule has 0 aliphatic carbocycles. The molecule has 2 aromatic rings. The summed E-state index contributed by atoms with van der Waals surface area (Å²) in [5.74, 6) is 0.893. The van der Waals surface area contributed by atoms with Gasteiger partial charge in [-0.3, -0.25) is 4.79 Å². The summed E-state index contributed by atoms with van der Waals surface area (Å²) in [6.45, 7) is 2.93. The summed E-state index contributed by atoms with van der Waals surface area (Å²) in [5.41, 5.74) is 10.9. The minimum atomic E-state index is -0.429. The summed E-state index contributed by atoms with van der Waals surface area (Å²) in [7, 11) is 1.66. The Labute approximate surface area is 175 Å². The maximum absolute atomic E-state index is 13.1. The fourth-order valence-electron chi connectivity index (χ4n) is 3.62. The van der Waals surface area contributed by atoms with Gasteiger partial charge in [0.25, 0.3) is 0 Å². The van der Waals surface area contributed by atoms with Crippen LogP contribution < -0.4 is 31.3 Å². The van der Waals surface area contributed by atoms with Gasteiger partial charge in [0.05, 0.1) is 7.11 Å². The second-order valence-corrected chi connectivity index (χ2v) is 7.47. The number of hydrogen-bond acceptors (Lipinski definition) is 7. The lowest BCUT2D eigenvalue weighted by atomic mass is 10.1. The molecule has 2 unspecified atom stereocenters. The van der Waals surface area contributed by atoms with E-state index in [1.54, 1.807) is 7.11 Å². The molecule has 0 aromatic heterocycles. The number of rotatable bonds is 5. The molecule has 2 atom stereocenters. The van der Waals surface area contributed by atoms with Gasteiger partial charge in [-0.1, -0.05) is 17.7 Å². The number of nitrogens with one attached hydrogen (secondary N) is 4. The van der Waals surface area contributed by atoms with Crippen LogP contribution in [0.2, 0.25) is 5.02 Å². The maximum Gasteiger partial charge on any atom is 0.244 e. The van der Waals surface area contributed by atoms with Gasteiger partial charge in [-0.2, -0.15) is 5.53 Å². The van der Waals surface area contributed by atoms with Crippen molar-refractivity contribution >= 4 is 28.9 Å². The number of halogens is 1. The van der Waals surface area contributed by atoms with Crippen LogP contribution in [0.3, 0.4) is 0 Å². The van der Waals surface area contributed by atoms with Crippen molar-refractivity contribution in [1.29, 1.82) is 0 Å². The Morgan fingerprint density at radius 2 is 1.86 bits per heavy atom. The third kappa shape index (κ3) is 4.56. The van der Waals surface area contributed by atoms with E-state index in [0.29, 0.717) is 18.1 Å². The average molecular weight is 417 g/mol. The fourth-order valence-corrected chi connectivity index (χ4v) is 3.81. The van der Waals surface area contributed by atoms with Crippen molar-refractivity contribution in [2.75, 3.05) is 43.5 Å². The standard InChI is InChI=1S/C20H25ClN6O2/c1-29-17-7-5-16(6-8-17)26-9-11-27(12-10-26)20(28)18-19(24-25-23-18)22-15-4-2-3-14(21)13-15/h2-8,13,18-19,22-25H,9-12H2,1H3. The summed E-state index contributed by atoms with van der Waals surface area (Å²) >= 11 is 6.05. The van der Waals surface area contributed by atoms with Crippen LogP contribution in [-0.4, -0.2) is 56.3 Å². The van der Waals surface area contributed by atoms with Crippen LogP contribution >= 0.6 is 11.6 Å². The van der Waals surface area contributed by atoms with Crippen molar-refractivity contribution in [3.63, 3.8) is 0 Å². The van der Waals surface area contributed by atoms with Crippen LogP contribution in [0.4, 0.5) is 11.4 Å². The highest BCUT2D eigenvalue weighted by atomic mass is 35.5. The lowest BCUT2D eigenvalue weighted by molar-refractivity contribution is -0.133. The SMILES string of the molecule is COc1ccc(N2CCN(C(=O)C3NNNC3Nc3cccc(Cl)c3)CC2)cc1. The van der Waals surface area contributed by atoms with E-state index in [-0.39, 0.29) is 12.1 Å². The van der Waals surface area contributed by atoms with Gasteiger partial charge >= 0.3 is 0 Å². The number of hydrogen-bond donors (Lipinski definition) is 4. The smallest absolute Gasteiger partial charge is 0.244 e. The monoisotopic (exact) mass is 416 g/mol. The molecule has 154 valence electrons. The molecule has 4 rings (SSSR count). The molecule has 0 radical (unpaired) electrons. The first kappa shape index (κ1) is 19.8. The van der Waals surface area contributed by atoms with Gasteiger partial charge in [0.1, 0.15) is 18.0 Å². The normalized spacial score (nSPS) is 21.9. The van der Waals surface area contributed by atoms with Crippen LogP contribution in [0, 0.1) is 0 Å². The molecule has 2 aliphatic heterocycles. The van der Waals surface area contributed by atoms with Crippen LogP contribution in [0.25, 0.3) is 0 Å². The molecule has 0 saturated carbocycles. The second-order valence-electron chi connectivity index (χ2n) is 7.03. The van der Waals surface area contributed by atoms with Crippen molar-refractivity contribution in [2.24, 2.45) is 0 Å². The zero-order valence-electron chi connectivity index (χ0n) is 16.2. The van der Waals surface area contributed by atoms with Crippen molar-refractivity contribution in [2.45, 2.75) is 12.2 Å². The lowest BCUT2D eigenvalue weighted by Crippen LogP contribution is -2.57. The fraction of sp³-hybridized carbons (Fsp3) is 0.350. The largest absolute Gasteiger partial charge is 0.497 e. The maximum atomic E-state index is 13.1. The van der Waals surface area contributed by atoms with Crippen molar-refractivity contribution in [3.8, 4) is 5.75 Å². The first-order valence-corrected chi connectivity index (χ1v) is 9.98. The number of benzene rings is 2. The van der Waals surface area contributed by atoms with Gasteiger partial charge in [0.2, 0.25) is 5.91 Å². The Balaban J connectivity index is 1.34. The highest BCUT2D eigenvalue weighted by Gasteiger charge is 2.36. The Hall–Kier alpha value is -2.52. The summed E-state index contributed by atoms with van der Waals surface area (Å²) in [6.07, 6.45) is -0.291. The number of carbonyl (C=O) groups excluding carboxylic acids is 1. The average Bonchev–Trinajstić information content (AvgIpc) is 3.21. The van der Waals surface area contributed by atoms with E-state index in [1.165, 1.54) is 0 Å². The summed E-state index contributed by atoms with van der Waals surface area (Å²) in [5, 5.41) is 3.95. The summed E-state index contributed by atoms with van der Waals surface area (Å²) in [6, 6.07) is 15.0. The van der Waals surface area contributed by atoms with Gasteiger partial charge in [0.15, 0.2) is 0 Å². The number of amides is 1. The van der Waals surface area contributed by atoms with Gasteiger partial charge in [0, 0.05) is 42.6 Å². The van der Waals surface area contributed by atoms with Gasteiger partial charge < -0.3 is 19.9 Å². The molecule has 9 heteroatoms. The number of nitrogens with zero attached hydrogens (tertiary/aromatic N) is 2. The van der Waals surface area contributed by atoms with Gasteiger partial charge in [-0.15, -0.1) is 0 Å². The van der Waals surface area contributed by atoms with E-state index in [4.69, 9.17) is 16.3 Å². The van der Waals surface area contributed by atoms with Crippen molar-refractivity contribution < 1.29 is 9.53 Å². The lowest BCUT2D eigenvalue weighted by Gasteiger charge is -2.37. The highest BCUT2D eigenvalue weighted by Crippen LogP contribution is 2.21. The molecular weight excluding hydrogens is 392 g/mol. The predicted molar refractivity (Wildman–Crippen MR) is 114 cm³/mol. The summed E-state index contributed by atoms with van der Waals surface area (Å²) in [4.78, 5) is 17.3. The molecule has 1 amide bonds. The van der Waals surface area contributed by atoms with Gasteiger partial charge in [-0.25, -0.2) is 10.9 Å². The number of anilines is 2. The Morgan fingerprint density at radius 1 is 1.10 bits per heavy atom. The molecule has 0 spiro atoms. The zero-order valence-corrected chi connectivity index (χ0v) is 16.9. The van der Waals surface area contributed by atoms with Crippen LogP contribution in [0.1, 0.15) is 0 Å². The van der Waals surface area contributed by atoms with E-state index < -0.39 is 6.04 Å². The summed E-state index contributed by atoms with van der Waals surface area (Å²) < 4.78 is 5.22. The van der Waals surface area contributed by atoms with Crippen LogP contribution in [0.15, 0.2) is 48.5 Å². The number of hydrazine groups is 2. The number of ether oxygens (including phenoxy) is 1. The molecule has 2 aliphatic rings. The van der Waals surface area contributed by atoms with Crippen molar-refractivity contribution in [1.82, 2.24) is 21.3 Å². The Bertz CT molecular complexity index is 841. The van der Waals surface area contributed by atoms with E-state index in [1.807, 2.05) is 53.4 Å². The first-order valence-electron chi connectivity index (χ1n) is 9.60. The second kappa shape index (κ2) is 8.87. The Morgan fingerprint density at radius 3 is 2.55 bits per heavy atom. The molecule has 4 N–H and O–H groups in total. The van der Waals surface area contributed by atoms with E-state index >= 15 is 0 Å². The quantitative estimate of drug-likeness (QED) is 0.587. The molecule has 29 heavy (non-hydrogen) atoms. The Kier molecular flexibility index (Phi) is 6.05. The van der Waals surface area contributed by atoms with Crippen LogP contribution in [0.5, 0.6) is 5.75 Å². The number of methoxy groups -OCH3 is 1. The molecule has 2 heterocycles. The molecule has 2 fully saturated rings. The zero-order chi connectivity index (χ0) is 20.2. The number of piperazine rings is 1. The highest BCUT2D eigenvalue weighted by molar-refractivity contribution is 6.30. The first-order chi connectivity index (χ1) is 14.1. The third-order valence-electron chi connectivity index (χ3n) is 5.23. The molecule has 8 nitrogen and oxygen atoms in total. The minimum Gasteiger partial charge on any atom is -0.497 e. The van der Waals surface area contributed by atoms with Crippen molar-refractivity contribution in [3.05, 3.63) is 53.6 Å². The van der Waals surface area contributed by atoms with E-state index in [9.17, 15) is 4.79 Å². The molecular formula is C20H25ClN6O2.